The number of carbonyl (C=O) groups excluding carboxylic acids is 2. The molecule has 0 spiro atoms. The van der Waals surface area contributed by atoms with Gasteiger partial charge in [-0.25, -0.2) is 4.98 Å². The number of thioether (sulfide) groups is 1. The van der Waals surface area contributed by atoms with Gasteiger partial charge in [0, 0.05) is 19.5 Å². The van der Waals surface area contributed by atoms with Crippen molar-refractivity contribution in [2.45, 2.75) is 37.3 Å². The summed E-state index contributed by atoms with van der Waals surface area (Å²) in [7, 11) is 0. The highest BCUT2D eigenvalue weighted by molar-refractivity contribution is 8.00. The van der Waals surface area contributed by atoms with Crippen LogP contribution in [0.5, 0.6) is 0 Å². The van der Waals surface area contributed by atoms with Gasteiger partial charge in [0.1, 0.15) is 0 Å². The standard InChI is InChI=1S/C14H21N3O2S2/c1-4-11(18)17-7-5-6-10(8-17)12(19)16-14-15-9(2)13(20-3)21-14/h10H,4-8H2,1-3H3,(H,15,16,19)/t10-/m1/s1. The Morgan fingerprint density at radius 1 is 1.52 bits per heavy atom. The topological polar surface area (TPSA) is 62.3 Å². The fraction of sp³-hybridized carbons (Fsp3) is 0.643. The summed E-state index contributed by atoms with van der Waals surface area (Å²) < 4.78 is 1.12. The second-order valence-corrected chi connectivity index (χ2v) is 7.19. The third-order valence-electron chi connectivity index (χ3n) is 3.62. The molecule has 1 aliphatic heterocycles. The Bertz CT molecular complexity index is 530. The third kappa shape index (κ3) is 3.97. The molecule has 0 unspecified atom stereocenters. The molecular formula is C14H21N3O2S2. The van der Waals surface area contributed by atoms with Gasteiger partial charge < -0.3 is 10.2 Å². The van der Waals surface area contributed by atoms with Gasteiger partial charge in [-0.05, 0) is 26.0 Å². The first kappa shape index (κ1) is 16.3. The lowest BCUT2D eigenvalue weighted by Gasteiger charge is -2.31. The number of likely N-dealkylation sites (tertiary alicyclic amines) is 1. The monoisotopic (exact) mass is 327 g/mol. The van der Waals surface area contributed by atoms with Crippen molar-refractivity contribution >= 4 is 40.0 Å². The molecule has 1 aromatic heterocycles. The molecule has 0 radical (unpaired) electrons. The van der Waals surface area contributed by atoms with Gasteiger partial charge in [0.05, 0.1) is 15.8 Å². The zero-order valence-electron chi connectivity index (χ0n) is 12.6. The van der Waals surface area contributed by atoms with Crippen molar-refractivity contribution in [1.82, 2.24) is 9.88 Å². The number of aromatic nitrogens is 1. The molecule has 0 bridgehead atoms. The van der Waals surface area contributed by atoms with E-state index in [1.165, 1.54) is 11.3 Å². The molecule has 2 amide bonds. The maximum absolute atomic E-state index is 12.3. The van der Waals surface area contributed by atoms with E-state index >= 15 is 0 Å². The predicted octanol–water partition coefficient (Wildman–Crippen LogP) is 2.76. The number of hydrogen-bond acceptors (Lipinski definition) is 5. The molecule has 0 aliphatic carbocycles. The van der Waals surface area contributed by atoms with Gasteiger partial charge in [-0.2, -0.15) is 0 Å². The minimum atomic E-state index is -0.129. The highest BCUT2D eigenvalue weighted by Gasteiger charge is 2.28. The lowest BCUT2D eigenvalue weighted by Crippen LogP contribution is -2.43. The molecule has 2 heterocycles. The van der Waals surface area contributed by atoms with E-state index in [2.05, 4.69) is 10.3 Å². The van der Waals surface area contributed by atoms with Gasteiger partial charge in [0.15, 0.2) is 5.13 Å². The number of rotatable bonds is 4. The number of carbonyl (C=O) groups is 2. The van der Waals surface area contributed by atoms with E-state index in [1.807, 2.05) is 20.1 Å². The smallest absolute Gasteiger partial charge is 0.231 e. The Morgan fingerprint density at radius 3 is 2.90 bits per heavy atom. The van der Waals surface area contributed by atoms with Gasteiger partial charge in [-0.15, -0.1) is 11.8 Å². The van der Waals surface area contributed by atoms with Crippen LogP contribution in [0.4, 0.5) is 5.13 Å². The van der Waals surface area contributed by atoms with E-state index in [9.17, 15) is 9.59 Å². The summed E-state index contributed by atoms with van der Waals surface area (Å²) in [5.74, 6) is -0.0246. The Kier molecular flexibility index (Phi) is 5.64. The fourth-order valence-corrected chi connectivity index (χ4v) is 4.09. The van der Waals surface area contributed by atoms with Crippen molar-refractivity contribution in [3.63, 3.8) is 0 Å². The van der Waals surface area contributed by atoms with Crippen molar-refractivity contribution < 1.29 is 9.59 Å². The highest BCUT2D eigenvalue weighted by atomic mass is 32.2. The molecule has 0 aromatic carbocycles. The molecule has 2 rings (SSSR count). The van der Waals surface area contributed by atoms with Crippen LogP contribution in [0.3, 0.4) is 0 Å². The Balaban J connectivity index is 1.97. The number of anilines is 1. The first-order valence-corrected chi connectivity index (χ1v) is 9.19. The first-order valence-electron chi connectivity index (χ1n) is 7.15. The van der Waals surface area contributed by atoms with Crippen LogP contribution in [-0.4, -0.2) is 41.0 Å². The second-order valence-electron chi connectivity index (χ2n) is 5.12. The number of aryl methyl sites for hydroxylation is 1. The SMILES string of the molecule is CCC(=O)N1CCC[C@@H](C(=O)Nc2nc(C)c(SC)s2)C1. The lowest BCUT2D eigenvalue weighted by atomic mass is 9.97. The number of thiazole rings is 1. The van der Waals surface area contributed by atoms with Crippen LogP contribution in [0.25, 0.3) is 0 Å². The van der Waals surface area contributed by atoms with E-state index in [0.29, 0.717) is 18.1 Å². The van der Waals surface area contributed by atoms with Crippen LogP contribution in [0.1, 0.15) is 31.9 Å². The van der Waals surface area contributed by atoms with Gasteiger partial charge in [-0.3, -0.25) is 9.59 Å². The highest BCUT2D eigenvalue weighted by Crippen LogP contribution is 2.30. The lowest BCUT2D eigenvalue weighted by molar-refractivity contribution is -0.134. The van der Waals surface area contributed by atoms with E-state index in [0.717, 1.165) is 29.3 Å². The molecule has 1 aromatic rings. The molecule has 7 heteroatoms. The third-order valence-corrected chi connectivity index (χ3v) is 5.90. The van der Waals surface area contributed by atoms with Crippen LogP contribution in [0.2, 0.25) is 0 Å². The summed E-state index contributed by atoms with van der Waals surface area (Å²) >= 11 is 3.14. The van der Waals surface area contributed by atoms with Crippen molar-refractivity contribution in [2.75, 3.05) is 24.7 Å². The van der Waals surface area contributed by atoms with E-state index in [-0.39, 0.29) is 17.7 Å². The zero-order chi connectivity index (χ0) is 15.4. The second kappa shape index (κ2) is 7.26. The normalized spacial score (nSPS) is 18.6. The fourth-order valence-electron chi connectivity index (χ4n) is 2.47. The summed E-state index contributed by atoms with van der Waals surface area (Å²) in [6, 6.07) is 0. The molecule has 0 saturated carbocycles. The van der Waals surface area contributed by atoms with Gasteiger partial charge in [-0.1, -0.05) is 18.3 Å². The average molecular weight is 327 g/mol. The summed E-state index contributed by atoms with van der Waals surface area (Å²) in [4.78, 5) is 30.3. The van der Waals surface area contributed by atoms with Crippen LogP contribution in [0, 0.1) is 12.8 Å². The summed E-state index contributed by atoms with van der Waals surface area (Å²) in [6.45, 7) is 5.09. The van der Waals surface area contributed by atoms with Crippen molar-refractivity contribution in [3.05, 3.63) is 5.69 Å². The molecule has 1 atom stereocenters. The van der Waals surface area contributed by atoms with Crippen LogP contribution in [-0.2, 0) is 9.59 Å². The Labute approximate surface area is 133 Å². The molecule has 1 N–H and O–H groups in total. The average Bonchev–Trinajstić information content (AvgIpc) is 2.86. The molecule has 21 heavy (non-hydrogen) atoms. The van der Waals surface area contributed by atoms with Gasteiger partial charge in [0.2, 0.25) is 11.8 Å². The van der Waals surface area contributed by atoms with Crippen LogP contribution in [0.15, 0.2) is 4.21 Å². The predicted molar refractivity (Wildman–Crippen MR) is 86.9 cm³/mol. The molecule has 1 saturated heterocycles. The first-order chi connectivity index (χ1) is 10.0. The molecule has 1 aliphatic rings. The summed E-state index contributed by atoms with van der Waals surface area (Å²) in [5, 5.41) is 3.56. The number of amides is 2. The quantitative estimate of drug-likeness (QED) is 0.864. The van der Waals surface area contributed by atoms with Crippen molar-refractivity contribution in [1.29, 1.82) is 0 Å². The minimum Gasteiger partial charge on any atom is -0.342 e. The summed E-state index contributed by atoms with van der Waals surface area (Å²) in [5.41, 5.74) is 0.953. The molecule has 5 nitrogen and oxygen atoms in total. The van der Waals surface area contributed by atoms with E-state index in [4.69, 9.17) is 0 Å². The van der Waals surface area contributed by atoms with Crippen molar-refractivity contribution in [2.24, 2.45) is 5.92 Å². The number of nitrogens with zero attached hydrogens (tertiary/aromatic N) is 2. The van der Waals surface area contributed by atoms with E-state index < -0.39 is 0 Å². The minimum absolute atomic E-state index is 0.0231. The van der Waals surface area contributed by atoms with E-state index in [1.54, 1.807) is 16.7 Å². The number of nitrogens with one attached hydrogen (secondary N) is 1. The van der Waals surface area contributed by atoms with Crippen molar-refractivity contribution in [3.8, 4) is 0 Å². The van der Waals surface area contributed by atoms with Gasteiger partial charge >= 0.3 is 0 Å². The van der Waals surface area contributed by atoms with Gasteiger partial charge in [0.25, 0.3) is 0 Å². The zero-order valence-corrected chi connectivity index (χ0v) is 14.3. The number of piperidine rings is 1. The molecule has 1 fully saturated rings. The van der Waals surface area contributed by atoms with Crippen LogP contribution >= 0.6 is 23.1 Å². The molecule has 116 valence electrons. The maximum atomic E-state index is 12.3. The summed E-state index contributed by atoms with van der Waals surface area (Å²) in [6.07, 6.45) is 4.22. The van der Waals surface area contributed by atoms with Crippen LogP contribution < -0.4 is 5.32 Å². The Morgan fingerprint density at radius 2 is 2.29 bits per heavy atom. The molecular weight excluding hydrogens is 306 g/mol. The largest absolute Gasteiger partial charge is 0.342 e. The number of hydrogen-bond donors (Lipinski definition) is 1. The maximum Gasteiger partial charge on any atom is 0.231 e. The Hall–Kier alpha value is -1.08.